The Morgan fingerprint density at radius 2 is 2.22 bits per heavy atom. The summed E-state index contributed by atoms with van der Waals surface area (Å²) in [5, 5.41) is 14.4. The van der Waals surface area contributed by atoms with Gasteiger partial charge in [-0.3, -0.25) is 9.48 Å². The number of hydrogen-bond acceptors (Lipinski definition) is 3. The van der Waals surface area contributed by atoms with Crippen molar-refractivity contribution in [3.05, 3.63) is 16.4 Å². The molecule has 100 valence electrons. The van der Waals surface area contributed by atoms with E-state index >= 15 is 0 Å². The number of aryl methyl sites for hydroxylation is 1. The number of rotatable bonds is 4. The average molecular weight is 315 g/mol. The Balaban J connectivity index is 2.16. The second-order valence-electron chi connectivity index (χ2n) is 4.86. The molecule has 1 N–H and O–H groups in total. The van der Waals surface area contributed by atoms with Crippen molar-refractivity contribution in [3.8, 4) is 0 Å². The summed E-state index contributed by atoms with van der Waals surface area (Å²) in [5.41, 5.74) is 0.496. The van der Waals surface area contributed by atoms with Crippen LogP contribution in [0.1, 0.15) is 49.5 Å². The highest BCUT2D eigenvalue weighted by Gasteiger charge is 2.31. The number of aromatic nitrogens is 2. The van der Waals surface area contributed by atoms with Gasteiger partial charge in [-0.2, -0.15) is 5.10 Å². The van der Waals surface area contributed by atoms with Crippen molar-refractivity contribution in [1.29, 1.82) is 0 Å². The quantitative estimate of drug-likeness (QED) is 0.869. The molecule has 2 rings (SSSR count). The molecule has 0 spiro atoms. The number of carbonyl (C=O) groups excluding carboxylic acids is 1. The zero-order valence-corrected chi connectivity index (χ0v) is 12.2. The topological polar surface area (TPSA) is 55.1 Å². The number of carbonyl (C=O) groups is 1. The fourth-order valence-corrected chi connectivity index (χ4v) is 3.14. The Morgan fingerprint density at radius 1 is 1.56 bits per heavy atom. The number of hydrogen-bond donors (Lipinski definition) is 1. The summed E-state index contributed by atoms with van der Waals surface area (Å²) in [6, 6.07) is 0. The highest BCUT2D eigenvalue weighted by molar-refractivity contribution is 9.10. The summed E-state index contributed by atoms with van der Waals surface area (Å²) < 4.78 is 2.31. The van der Waals surface area contributed by atoms with Crippen LogP contribution in [0.25, 0.3) is 0 Å². The first kappa shape index (κ1) is 13.7. The van der Waals surface area contributed by atoms with E-state index in [9.17, 15) is 9.90 Å². The van der Waals surface area contributed by atoms with E-state index in [0.717, 1.165) is 25.7 Å². The van der Waals surface area contributed by atoms with Gasteiger partial charge in [-0.05, 0) is 41.6 Å². The van der Waals surface area contributed by atoms with Crippen molar-refractivity contribution in [2.45, 2.75) is 51.7 Å². The molecule has 0 aromatic carbocycles. The molecule has 0 aliphatic heterocycles. The normalized spacial score (nSPS) is 18.8. The van der Waals surface area contributed by atoms with Crippen molar-refractivity contribution in [3.63, 3.8) is 0 Å². The number of halogens is 1. The van der Waals surface area contributed by atoms with Crippen LogP contribution in [0.4, 0.5) is 0 Å². The monoisotopic (exact) mass is 314 g/mol. The molecule has 4 nitrogen and oxygen atoms in total. The van der Waals surface area contributed by atoms with Gasteiger partial charge in [0.25, 0.3) is 0 Å². The van der Waals surface area contributed by atoms with Gasteiger partial charge in [-0.15, -0.1) is 0 Å². The fourth-order valence-electron chi connectivity index (χ4n) is 2.65. The fraction of sp³-hybridized carbons (Fsp3) is 0.692. The van der Waals surface area contributed by atoms with Gasteiger partial charge in [-0.25, -0.2) is 0 Å². The molecule has 1 fully saturated rings. The molecular weight excluding hydrogens is 296 g/mol. The van der Waals surface area contributed by atoms with Crippen molar-refractivity contribution < 1.29 is 9.90 Å². The number of nitrogens with zero attached hydrogens (tertiary/aromatic N) is 2. The Morgan fingerprint density at radius 3 is 2.83 bits per heavy atom. The predicted molar refractivity (Wildman–Crippen MR) is 72.5 cm³/mol. The molecule has 1 saturated carbocycles. The third-order valence-electron chi connectivity index (χ3n) is 3.69. The van der Waals surface area contributed by atoms with Crippen molar-refractivity contribution in [1.82, 2.24) is 9.78 Å². The SMILES string of the molecule is CCn1ncc(Br)c1C(=O)C(O)C1CCCCC1. The zero-order valence-electron chi connectivity index (χ0n) is 10.6. The number of aliphatic hydroxyl groups is 1. The average Bonchev–Trinajstić information content (AvgIpc) is 2.79. The molecule has 0 bridgehead atoms. The van der Waals surface area contributed by atoms with Gasteiger partial charge in [0.1, 0.15) is 11.8 Å². The minimum Gasteiger partial charge on any atom is -0.385 e. The van der Waals surface area contributed by atoms with Gasteiger partial charge in [0.2, 0.25) is 5.78 Å². The largest absolute Gasteiger partial charge is 0.385 e. The zero-order chi connectivity index (χ0) is 13.1. The van der Waals surface area contributed by atoms with Gasteiger partial charge < -0.3 is 5.11 Å². The van der Waals surface area contributed by atoms with E-state index in [1.807, 2.05) is 6.92 Å². The van der Waals surface area contributed by atoms with Crippen molar-refractivity contribution in [2.24, 2.45) is 5.92 Å². The van der Waals surface area contributed by atoms with E-state index in [-0.39, 0.29) is 11.7 Å². The van der Waals surface area contributed by atoms with Crippen LogP contribution in [0.5, 0.6) is 0 Å². The van der Waals surface area contributed by atoms with Crippen LogP contribution >= 0.6 is 15.9 Å². The minimum atomic E-state index is -0.886. The Labute approximate surface area is 116 Å². The summed E-state index contributed by atoms with van der Waals surface area (Å²) in [7, 11) is 0. The maximum atomic E-state index is 12.4. The molecule has 1 aliphatic carbocycles. The lowest BCUT2D eigenvalue weighted by atomic mass is 9.83. The molecule has 5 heteroatoms. The first-order valence-corrected chi connectivity index (χ1v) is 7.38. The smallest absolute Gasteiger partial charge is 0.210 e. The minimum absolute atomic E-state index is 0.110. The number of Topliss-reactive ketones (excluding diaryl/α,β-unsaturated/α-hetero) is 1. The molecular formula is C13H19BrN2O2. The van der Waals surface area contributed by atoms with Gasteiger partial charge in [0.05, 0.1) is 10.7 Å². The Kier molecular flexibility index (Phi) is 4.56. The van der Waals surface area contributed by atoms with E-state index in [4.69, 9.17) is 0 Å². The van der Waals surface area contributed by atoms with Gasteiger partial charge in [0, 0.05) is 6.54 Å². The van der Waals surface area contributed by atoms with Gasteiger partial charge in [-0.1, -0.05) is 19.3 Å². The molecule has 1 aromatic rings. The highest BCUT2D eigenvalue weighted by atomic mass is 79.9. The van der Waals surface area contributed by atoms with E-state index in [1.165, 1.54) is 6.42 Å². The van der Waals surface area contributed by atoms with Crippen molar-refractivity contribution in [2.75, 3.05) is 0 Å². The molecule has 1 aromatic heterocycles. The Hall–Kier alpha value is -0.680. The molecule has 1 unspecified atom stereocenters. The summed E-state index contributed by atoms with van der Waals surface area (Å²) in [4.78, 5) is 12.4. The van der Waals surface area contributed by atoms with Gasteiger partial charge in [0.15, 0.2) is 0 Å². The third kappa shape index (κ3) is 2.67. The van der Waals surface area contributed by atoms with Crippen LogP contribution in [0.15, 0.2) is 10.7 Å². The molecule has 1 atom stereocenters. The highest BCUT2D eigenvalue weighted by Crippen LogP contribution is 2.29. The van der Waals surface area contributed by atoms with Crippen molar-refractivity contribution >= 4 is 21.7 Å². The van der Waals surface area contributed by atoms with E-state index in [1.54, 1.807) is 10.9 Å². The summed E-state index contributed by atoms with van der Waals surface area (Å²) in [6.45, 7) is 2.56. The van der Waals surface area contributed by atoms with Crippen LogP contribution in [0, 0.1) is 5.92 Å². The number of aliphatic hydroxyl groups excluding tert-OH is 1. The predicted octanol–water partition coefficient (Wildman–Crippen LogP) is 2.79. The molecule has 18 heavy (non-hydrogen) atoms. The Bertz CT molecular complexity index is 425. The summed E-state index contributed by atoms with van der Waals surface area (Å²) in [5.74, 6) is -0.0912. The van der Waals surface area contributed by atoms with E-state index in [0.29, 0.717) is 16.7 Å². The van der Waals surface area contributed by atoms with Crippen LogP contribution in [-0.4, -0.2) is 26.8 Å². The molecule has 1 heterocycles. The van der Waals surface area contributed by atoms with Crippen LogP contribution in [-0.2, 0) is 6.54 Å². The second-order valence-corrected chi connectivity index (χ2v) is 5.72. The second kappa shape index (κ2) is 5.97. The van der Waals surface area contributed by atoms with Crippen LogP contribution in [0.3, 0.4) is 0 Å². The maximum Gasteiger partial charge on any atom is 0.210 e. The van der Waals surface area contributed by atoms with Crippen LogP contribution < -0.4 is 0 Å². The molecule has 0 radical (unpaired) electrons. The lowest BCUT2D eigenvalue weighted by Gasteiger charge is -2.25. The molecule has 0 amide bonds. The summed E-state index contributed by atoms with van der Waals surface area (Å²) in [6.07, 6.45) is 6.07. The number of ketones is 1. The lowest BCUT2D eigenvalue weighted by Crippen LogP contribution is -2.32. The standard InChI is InChI=1S/C13H19BrN2O2/c1-2-16-11(10(14)8-15-16)13(18)12(17)9-6-4-3-5-7-9/h8-9,12,17H,2-7H2,1H3. The first-order valence-electron chi connectivity index (χ1n) is 6.58. The third-order valence-corrected chi connectivity index (χ3v) is 4.27. The lowest BCUT2D eigenvalue weighted by molar-refractivity contribution is 0.0523. The van der Waals surface area contributed by atoms with Crippen LogP contribution in [0.2, 0.25) is 0 Å². The molecule has 0 saturated heterocycles. The maximum absolute atomic E-state index is 12.4. The first-order chi connectivity index (χ1) is 8.65. The van der Waals surface area contributed by atoms with E-state index in [2.05, 4.69) is 21.0 Å². The van der Waals surface area contributed by atoms with Gasteiger partial charge >= 0.3 is 0 Å². The summed E-state index contributed by atoms with van der Waals surface area (Å²) >= 11 is 3.34. The van der Waals surface area contributed by atoms with E-state index < -0.39 is 6.10 Å². The molecule has 1 aliphatic rings.